The lowest BCUT2D eigenvalue weighted by Crippen LogP contribution is -2.43. The molecule has 0 aromatic heterocycles. The fraction of sp³-hybridized carbons (Fsp3) is 0.333. The van der Waals surface area contributed by atoms with Gasteiger partial charge in [0.2, 0.25) is 10.0 Å². The van der Waals surface area contributed by atoms with Crippen LogP contribution >= 0.6 is 0 Å². The Balaban J connectivity index is 1.78. The Morgan fingerprint density at radius 1 is 1.04 bits per heavy atom. The topological polar surface area (TPSA) is 83.6 Å². The maximum Gasteiger partial charge on any atom is 0.254 e. The lowest BCUT2D eigenvalue weighted by atomic mass is 9.95. The van der Waals surface area contributed by atoms with Gasteiger partial charge in [-0.1, -0.05) is 48.5 Å². The Labute approximate surface area is 165 Å². The number of benzene rings is 2. The van der Waals surface area contributed by atoms with Gasteiger partial charge in [0.15, 0.2) is 5.78 Å². The molecule has 7 heteroatoms. The predicted octanol–water partition coefficient (Wildman–Crippen LogP) is 2.32. The molecule has 1 N–H and O–H groups in total. The molecule has 1 saturated heterocycles. The van der Waals surface area contributed by atoms with Crippen LogP contribution in [-0.4, -0.2) is 50.9 Å². The summed E-state index contributed by atoms with van der Waals surface area (Å²) >= 11 is 0. The van der Waals surface area contributed by atoms with Crippen molar-refractivity contribution in [2.24, 2.45) is 5.92 Å². The van der Waals surface area contributed by atoms with Crippen molar-refractivity contribution < 1.29 is 18.0 Å². The van der Waals surface area contributed by atoms with Crippen molar-refractivity contribution in [3.8, 4) is 0 Å². The average molecular weight is 401 g/mol. The zero-order chi connectivity index (χ0) is 20.1. The SMILES string of the molecule is CS(=O)(=O)NC[C@H]1CCCN(C(=O)c2ccccc2C(=O)c2ccccc2)C1. The third kappa shape index (κ3) is 5.05. The highest BCUT2D eigenvalue weighted by Gasteiger charge is 2.27. The number of amides is 1. The van der Waals surface area contributed by atoms with E-state index in [0.717, 1.165) is 19.1 Å². The molecule has 0 unspecified atom stereocenters. The Morgan fingerprint density at radius 3 is 2.36 bits per heavy atom. The first-order chi connectivity index (χ1) is 13.3. The molecule has 2 aromatic rings. The van der Waals surface area contributed by atoms with E-state index in [9.17, 15) is 18.0 Å². The highest BCUT2D eigenvalue weighted by atomic mass is 32.2. The number of sulfonamides is 1. The lowest BCUT2D eigenvalue weighted by Gasteiger charge is -2.33. The molecule has 28 heavy (non-hydrogen) atoms. The van der Waals surface area contributed by atoms with Crippen LogP contribution in [0.3, 0.4) is 0 Å². The Bertz CT molecular complexity index is 957. The smallest absolute Gasteiger partial charge is 0.254 e. The number of carbonyl (C=O) groups is 2. The number of carbonyl (C=O) groups excluding carboxylic acids is 2. The molecule has 0 radical (unpaired) electrons. The highest BCUT2D eigenvalue weighted by Crippen LogP contribution is 2.21. The molecule has 0 saturated carbocycles. The van der Waals surface area contributed by atoms with Crippen LogP contribution in [0.2, 0.25) is 0 Å². The van der Waals surface area contributed by atoms with Crippen LogP contribution in [-0.2, 0) is 10.0 Å². The molecule has 1 aliphatic heterocycles. The molecule has 0 aliphatic carbocycles. The van der Waals surface area contributed by atoms with E-state index in [4.69, 9.17) is 0 Å². The zero-order valence-corrected chi connectivity index (χ0v) is 16.6. The Hall–Kier alpha value is -2.51. The summed E-state index contributed by atoms with van der Waals surface area (Å²) in [5.74, 6) is -0.315. The first-order valence-electron chi connectivity index (χ1n) is 9.28. The number of hydrogen-bond acceptors (Lipinski definition) is 4. The van der Waals surface area contributed by atoms with Crippen molar-refractivity contribution in [2.45, 2.75) is 12.8 Å². The number of piperidine rings is 1. The zero-order valence-electron chi connectivity index (χ0n) is 15.8. The molecule has 1 aliphatic rings. The predicted molar refractivity (Wildman–Crippen MR) is 108 cm³/mol. The summed E-state index contributed by atoms with van der Waals surface area (Å²) in [6, 6.07) is 15.8. The second-order valence-electron chi connectivity index (χ2n) is 7.12. The molecule has 1 atom stereocenters. The second-order valence-corrected chi connectivity index (χ2v) is 8.95. The molecule has 2 aromatic carbocycles. The summed E-state index contributed by atoms with van der Waals surface area (Å²) in [5, 5.41) is 0. The molecule has 0 bridgehead atoms. The number of ketones is 1. The highest BCUT2D eigenvalue weighted by molar-refractivity contribution is 7.88. The van der Waals surface area contributed by atoms with Gasteiger partial charge in [0.05, 0.1) is 11.8 Å². The van der Waals surface area contributed by atoms with Gasteiger partial charge in [-0.2, -0.15) is 0 Å². The Morgan fingerprint density at radius 2 is 1.68 bits per heavy atom. The minimum atomic E-state index is -3.26. The van der Waals surface area contributed by atoms with E-state index >= 15 is 0 Å². The van der Waals surface area contributed by atoms with Crippen LogP contribution in [0.1, 0.15) is 39.1 Å². The number of nitrogens with one attached hydrogen (secondary N) is 1. The van der Waals surface area contributed by atoms with Crippen LogP contribution in [0, 0.1) is 5.92 Å². The summed E-state index contributed by atoms with van der Waals surface area (Å²) in [4.78, 5) is 27.7. The largest absolute Gasteiger partial charge is 0.338 e. The maximum absolute atomic E-state index is 13.1. The van der Waals surface area contributed by atoms with E-state index in [0.29, 0.717) is 36.3 Å². The molecule has 1 amide bonds. The Kier molecular flexibility index (Phi) is 6.26. The quantitative estimate of drug-likeness (QED) is 0.755. The van der Waals surface area contributed by atoms with Crippen molar-refractivity contribution in [3.63, 3.8) is 0 Å². The standard InChI is InChI=1S/C21H24N2O4S/c1-28(26,27)22-14-16-8-7-13-23(15-16)21(25)19-12-6-5-11-18(19)20(24)17-9-3-2-4-10-17/h2-6,9-12,16,22H,7-8,13-15H2,1H3/t16-/m1/s1. The van der Waals surface area contributed by atoms with Crippen molar-refractivity contribution in [1.82, 2.24) is 9.62 Å². The van der Waals surface area contributed by atoms with E-state index in [-0.39, 0.29) is 17.6 Å². The van der Waals surface area contributed by atoms with Crippen LogP contribution in [0.15, 0.2) is 54.6 Å². The first-order valence-corrected chi connectivity index (χ1v) is 11.2. The van der Waals surface area contributed by atoms with Gasteiger partial charge in [0.25, 0.3) is 5.91 Å². The summed E-state index contributed by atoms with van der Waals surface area (Å²) in [6.07, 6.45) is 2.79. The third-order valence-electron chi connectivity index (χ3n) is 4.88. The number of nitrogens with zero attached hydrogens (tertiary/aromatic N) is 1. The minimum Gasteiger partial charge on any atom is -0.338 e. The van der Waals surface area contributed by atoms with Gasteiger partial charge in [0.1, 0.15) is 0 Å². The van der Waals surface area contributed by atoms with Gasteiger partial charge in [0, 0.05) is 30.8 Å². The molecule has 148 valence electrons. The van der Waals surface area contributed by atoms with Gasteiger partial charge in [-0.25, -0.2) is 13.1 Å². The summed E-state index contributed by atoms with van der Waals surface area (Å²) < 4.78 is 25.2. The fourth-order valence-electron chi connectivity index (χ4n) is 3.47. The lowest BCUT2D eigenvalue weighted by molar-refractivity contribution is 0.0673. The van der Waals surface area contributed by atoms with Gasteiger partial charge >= 0.3 is 0 Å². The second kappa shape index (κ2) is 8.67. The van der Waals surface area contributed by atoms with Crippen LogP contribution < -0.4 is 4.72 Å². The molecular weight excluding hydrogens is 376 g/mol. The van der Waals surface area contributed by atoms with Crippen molar-refractivity contribution in [1.29, 1.82) is 0 Å². The van der Waals surface area contributed by atoms with Gasteiger partial charge in [-0.15, -0.1) is 0 Å². The summed E-state index contributed by atoms with van der Waals surface area (Å²) in [5.41, 5.74) is 1.31. The maximum atomic E-state index is 13.1. The van der Waals surface area contributed by atoms with Crippen LogP contribution in [0.4, 0.5) is 0 Å². The molecular formula is C21H24N2O4S. The number of likely N-dealkylation sites (tertiary alicyclic amines) is 1. The number of rotatable bonds is 6. The monoisotopic (exact) mass is 400 g/mol. The van der Waals surface area contributed by atoms with Crippen molar-refractivity contribution >= 4 is 21.7 Å². The van der Waals surface area contributed by atoms with Gasteiger partial charge < -0.3 is 4.90 Å². The van der Waals surface area contributed by atoms with Crippen LogP contribution in [0.25, 0.3) is 0 Å². The molecule has 1 heterocycles. The molecule has 1 fully saturated rings. The van der Waals surface area contributed by atoms with E-state index in [2.05, 4.69) is 4.72 Å². The van der Waals surface area contributed by atoms with E-state index in [1.807, 2.05) is 6.07 Å². The molecule has 3 rings (SSSR count). The van der Waals surface area contributed by atoms with E-state index in [1.165, 1.54) is 0 Å². The molecule has 0 spiro atoms. The number of hydrogen-bond donors (Lipinski definition) is 1. The minimum absolute atomic E-state index is 0.0596. The van der Waals surface area contributed by atoms with Gasteiger partial charge in [-0.05, 0) is 24.8 Å². The third-order valence-corrected chi connectivity index (χ3v) is 5.57. The van der Waals surface area contributed by atoms with Crippen LogP contribution in [0.5, 0.6) is 0 Å². The van der Waals surface area contributed by atoms with Crippen molar-refractivity contribution in [3.05, 3.63) is 71.3 Å². The van der Waals surface area contributed by atoms with Gasteiger partial charge in [-0.3, -0.25) is 9.59 Å². The summed E-state index contributed by atoms with van der Waals surface area (Å²) in [7, 11) is -3.26. The van der Waals surface area contributed by atoms with Crippen molar-refractivity contribution in [2.75, 3.05) is 25.9 Å². The van der Waals surface area contributed by atoms with E-state index in [1.54, 1.807) is 53.4 Å². The van der Waals surface area contributed by atoms with E-state index < -0.39 is 10.0 Å². The average Bonchev–Trinajstić information content (AvgIpc) is 2.71. The summed E-state index contributed by atoms with van der Waals surface area (Å²) in [6.45, 7) is 1.38. The fourth-order valence-corrected chi connectivity index (χ4v) is 4.01. The first kappa shape index (κ1) is 20.2. The normalized spacial score (nSPS) is 17.3. The molecule has 6 nitrogen and oxygen atoms in total.